The SMILES string of the molecule is CNCc1cnc(-n2ncc3ccccc32)nc1. The quantitative estimate of drug-likeness (QED) is 0.753. The first-order valence-electron chi connectivity index (χ1n) is 5.77. The first-order valence-corrected chi connectivity index (χ1v) is 5.77. The smallest absolute Gasteiger partial charge is 0.251 e. The lowest BCUT2D eigenvalue weighted by molar-refractivity contribution is 0.785. The molecule has 3 aromatic rings. The van der Waals surface area contributed by atoms with Crippen LogP contribution in [0.3, 0.4) is 0 Å². The fourth-order valence-corrected chi connectivity index (χ4v) is 1.88. The van der Waals surface area contributed by atoms with Gasteiger partial charge in [-0.05, 0) is 13.1 Å². The Hall–Kier alpha value is -2.27. The van der Waals surface area contributed by atoms with E-state index in [9.17, 15) is 0 Å². The maximum atomic E-state index is 4.34. The zero-order chi connectivity index (χ0) is 12.4. The Morgan fingerprint density at radius 3 is 2.67 bits per heavy atom. The van der Waals surface area contributed by atoms with E-state index < -0.39 is 0 Å². The Morgan fingerprint density at radius 2 is 1.89 bits per heavy atom. The van der Waals surface area contributed by atoms with Crippen LogP contribution in [0.4, 0.5) is 0 Å². The third kappa shape index (κ3) is 1.84. The molecule has 1 N–H and O–H groups in total. The molecule has 0 saturated carbocycles. The molecule has 5 heteroatoms. The number of hydrogen-bond acceptors (Lipinski definition) is 4. The van der Waals surface area contributed by atoms with Gasteiger partial charge in [-0.2, -0.15) is 9.78 Å². The maximum Gasteiger partial charge on any atom is 0.251 e. The highest BCUT2D eigenvalue weighted by Crippen LogP contribution is 2.15. The second-order valence-electron chi connectivity index (χ2n) is 4.04. The van der Waals surface area contributed by atoms with Gasteiger partial charge in [0.25, 0.3) is 5.95 Å². The molecule has 0 bridgehead atoms. The molecular weight excluding hydrogens is 226 g/mol. The third-order valence-corrected chi connectivity index (χ3v) is 2.74. The molecule has 5 nitrogen and oxygen atoms in total. The van der Waals surface area contributed by atoms with E-state index >= 15 is 0 Å². The van der Waals surface area contributed by atoms with Gasteiger partial charge < -0.3 is 5.32 Å². The van der Waals surface area contributed by atoms with Crippen LogP contribution in [0.1, 0.15) is 5.56 Å². The second kappa shape index (κ2) is 4.54. The van der Waals surface area contributed by atoms with E-state index in [-0.39, 0.29) is 0 Å². The predicted octanol–water partition coefficient (Wildman–Crippen LogP) is 1.53. The molecule has 90 valence electrons. The topological polar surface area (TPSA) is 55.6 Å². The Morgan fingerprint density at radius 1 is 1.11 bits per heavy atom. The van der Waals surface area contributed by atoms with Crippen LogP contribution in [0.2, 0.25) is 0 Å². The van der Waals surface area contributed by atoms with E-state index in [2.05, 4.69) is 20.4 Å². The summed E-state index contributed by atoms with van der Waals surface area (Å²) in [5.41, 5.74) is 2.07. The summed E-state index contributed by atoms with van der Waals surface area (Å²) in [6, 6.07) is 8.00. The van der Waals surface area contributed by atoms with Crippen LogP contribution in [0.25, 0.3) is 16.9 Å². The van der Waals surface area contributed by atoms with Crippen LogP contribution < -0.4 is 5.32 Å². The minimum atomic E-state index is 0.594. The van der Waals surface area contributed by atoms with E-state index in [1.807, 2.05) is 49.9 Å². The van der Waals surface area contributed by atoms with E-state index in [0.717, 1.165) is 23.0 Å². The van der Waals surface area contributed by atoms with E-state index in [1.165, 1.54) is 0 Å². The number of fused-ring (bicyclic) bond motifs is 1. The number of rotatable bonds is 3. The van der Waals surface area contributed by atoms with Crippen molar-refractivity contribution in [1.29, 1.82) is 0 Å². The number of benzene rings is 1. The average molecular weight is 239 g/mol. The van der Waals surface area contributed by atoms with Gasteiger partial charge in [0, 0.05) is 29.9 Å². The predicted molar refractivity (Wildman–Crippen MR) is 69.4 cm³/mol. The molecule has 0 unspecified atom stereocenters. The summed E-state index contributed by atoms with van der Waals surface area (Å²) in [6.45, 7) is 0.764. The molecule has 1 aromatic carbocycles. The van der Waals surface area contributed by atoms with Gasteiger partial charge in [0.15, 0.2) is 0 Å². The van der Waals surface area contributed by atoms with Gasteiger partial charge in [0.2, 0.25) is 0 Å². The number of nitrogens with one attached hydrogen (secondary N) is 1. The molecule has 0 atom stereocenters. The van der Waals surface area contributed by atoms with Gasteiger partial charge in [0.05, 0.1) is 11.7 Å². The number of hydrogen-bond donors (Lipinski definition) is 1. The molecule has 2 heterocycles. The molecule has 0 aliphatic rings. The Kier molecular flexibility index (Phi) is 2.74. The maximum absolute atomic E-state index is 4.34. The number of aromatic nitrogens is 4. The Balaban J connectivity index is 2.03. The molecule has 0 radical (unpaired) electrons. The molecule has 3 rings (SSSR count). The monoisotopic (exact) mass is 239 g/mol. The van der Waals surface area contributed by atoms with E-state index in [4.69, 9.17) is 0 Å². The summed E-state index contributed by atoms with van der Waals surface area (Å²) in [5.74, 6) is 0.594. The van der Waals surface area contributed by atoms with Crippen molar-refractivity contribution in [2.45, 2.75) is 6.54 Å². The molecular formula is C13H13N5. The van der Waals surface area contributed by atoms with Crippen LogP contribution >= 0.6 is 0 Å². The van der Waals surface area contributed by atoms with E-state index in [0.29, 0.717) is 5.95 Å². The lowest BCUT2D eigenvalue weighted by Crippen LogP contribution is -2.08. The van der Waals surface area contributed by atoms with Crippen molar-refractivity contribution in [3.63, 3.8) is 0 Å². The molecule has 0 amide bonds. The summed E-state index contributed by atoms with van der Waals surface area (Å²) < 4.78 is 1.75. The molecule has 2 aromatic heterocycles. The molecule has 0 fully saturated rings. The normalized spacial score (nSPS) is 10.9. The van der Waals surface area contributed by atoms with Gasteiger partial charge >= 0.3 is 0 Å². The van der Waals surface area contributed by atoms with Crippen LogP contribution in [0.15, 0.2) is 42.9 Å². The first-order chi connectivity index (χ1) is 8.88. The van der Waals surface area contributed by atoms with Crippen molar-refractivity contribution in [3.8, 4) is 5.95 Å². The molecule has 0 spiro atoms. The zero-order valence-electron chi connectivity index (χ0n) is 10.0. The van der Waals surface area contributed by atoms with Crippen LogP contribution in [0.5, 0.6) is 0 Å². The van der Waals surface area contributed by atoms with Crippen molar-refractivity contribution < 1.29 is 0 Å². The standard InChI is InChI=1S/C13H13N5/c1-14-6-10-7-15-13(16-8-10)18-12-5-3-2-4-11(12)9-17-18/h2-5,7-9,14H,6H2,1H3. The number of nitrogens with zero attached hydrogens (tertiary/aromatic N) is 4. The molecule has 0 aliphatic carbocycles. The van der Waals surface area contributed by atoms with Crippen molar-refractivity contribution >= 4 is 10.9 Å². The summed E-state index contributed by atoms with van der Waals surface area (Å²) >= 11 is 0. The van der Waals surface area contributed by atoms with Gasteiger partial charge in [-0.3, -0.25) is 0 Å². The fourth-order valence-electron chi connectivity index (χ4n) is 1.88. The summed E-state index contributed by atoms with van der Waals surface area (Å²) in [5, 5.41) is 8.47. The highest BCUT2D eigenvalue weighted by molar-refractivity contribution is 5.79. The summed E-state index contributed by atoms with van der Waals surface area (Å²) in [6.07, 6.45) is 5.45. The van der Waals surface area contributed by atoms with Crippen molar-refractivity contribution in [3.05, 3.63) is 48.4 Å². The fraction of sp³-hybridized carbons (Fsp3) is 0.154. The van der Waals surface area contributed by atoms with Crippen LogP contribution in [0, 0.1) is 0 Å². The zero-order valence-corrected chi connectivity index (χ0v) is 10.0. The number of para-hydroxylation sites is 1. The van der Waals surface area contributed by atoms with Gasteiger partial charge in [-0.1, -0.05) is 18.2 Å². The molecule has 0 aliphatic heterocycles. The van der Waals surface area contributed by atoms with Crippen LogP contribution in [-0.2, 0) is 6.54 Å². The highest BCUT2D eigenvalue weighted by Gasteiger charge is 2.06. The van der Waals surface area contributed by atoms with Crippen molar-refractivity contribution in [2.75, 3.05) is 7.05 Å². The minimum absolute atomic E-state index is 0.594. The van der Waals surface area contributed by atoms with Gasteiger partial charge in [0.1, 0.15) is 0 Å². The van der Waals surface area contributed by atoms with Crippen LogP contribution in [-0.4, -0.2) is 26.8 Å². The first kappa shape index (κ1) is 10.9. The van der Waals surface area contributed by atoms with E-state index in [1.54, 1.807) is 4.68 Å². The largest absolute Gasteiger partial charge is 0.316 e. The highest BCUT2D eigenvalue weighted by atomic mass is 15.3. The van der Waals surface area contributed by atoms with Gasteiger partial charge in [-0.25, -0.2) is 9.97 Å². The Bertz CT molecular complexity index is 656. The molecule has 18 heavy (non-hydrogen) atoms. The lowest BCUT2D eigenvalue weighted by Gasteiger charge is -2.03. The van der Waals surface area contributed by atoms with Crippen molar-refractivity contribution in [1.82, 2.24) is 25.1 Å². The van der Waals surface area contributed by atoms with Gasteiger partial charge in [-0.15, -0.1) is 0 Å². The minimum Gasteiger partial charge on any atom is -0.316 e. The average Bonchev–Trinajstić information content (AvgIpc) is 2.84. The second-order valence-corrected chi connectivity index (χ2v) is 4.04. The third-order valence-electron chi connectivity index (χ3n) is 2.74. The Labute approximate surface area is 104 Å². The summed E-state index contributed by atoms with van der Waals surface area (Å²) in [4.78, 5) is 8.68. The van der Waals surface area contributed by atoms with Crippen molar-refractivity contribution in [2.24, 2.45) is 0 Å². The lowest BCUT2D eigenvalue weighted by atomic mass is 10.3. The summed E-state index contributed by atoms with van der Waals surface area (Å²) in [7, 11) is 1.90. The molecule has 0 saturated heterocycles.